The van der Waals surface area contributed by atoms with Crippen molar-refractivity contribution in [3.05, 3.63) is 18.2 Å². The highest BCUT2D eigenvalue weighted by Crippen LogP contribution is 1.96. The minimum atomic E-state index is 0.804. The number of ether oxygens (including phenoxy) is 1. The predicted molar refractivity (Wildman–Crippen MR) is 26.8 cm³/mol. The fourth-order valence-electron chi connectivity index (χ4n) is 0.308. The Hall–Kier alpha value is -1.01. The van der Waals surface area contributed by atoms with Crippen LogP contribution in [0.25, 0.3) is 0 Å². The second kappa shape index (κ2) is 1.63. The SMILES string of the molecule is CC1=CN=C=CO1. The molecule has 7 heavy (non-hydrogen) atoms. The van der Waals surface area contributed by atoms with Gasteiger partial charge in [0.1, 0.15) is 5.76 Å². The molecule has 0 aliphatic carbocycles. The van der Waals surface area contributed by atoms with Gasteiger partial charge in [-0.1, -0.05) is 0 Å². The van der Waals surface area contributed by atoms with Gasteiger partial charge in [-0.15, -0.1) is 0 Å². The number of rotatable bonds is 0. The van der Waals surface area contributed by atoms with Gasteiger partial charge >= 0.3 is 0 Å². The quantitative estimate of drug-likeness (QED) is 0.441. The van der Waals surface area contributed by atoms with Crippen molar-refractivity contribution in [1.82, 2.24) is 0 Å². The maximum atomic E-state index is 4.81. The van der Waals surface area contributed by atoms with Crippen molar-refractivity contribution >= 4 is 5.87 Å². The first kappa shape index (κ1) is 4.16. The van der Waals surface area contributed by atoms with E-state index < -0.39 is 0 Å². The van der Waals surface area contributed by atoms with E-state index in [0.29, 0.717) is 0 Å². The summed E-state index contributed by atoms with van der Waals surface area (Å²) in [7, 11) is 0. The van der Waals surface area contributed by atoms with Gasteiger partial charge in [0.25, 0.3) is 0 Å². The van der Waals surface area contributed by atoms with E-state index in [2.05, 4.69) is 10.9 Å². The van der Waals surface area contributed by atoms with E-state index in [9.17, 15) is 0 Å². The molecular formula is C5H5NO. The second-order valence-corrected chi connectivity index (χ2v) is 1.23. The molecule has 0 saturated carbocycles. The maximum Gasteiger partial charge on any atom is 0.152 e. The Morgan fingerprint density at radius 2 is 2.71 bits per heavy atom. The first-order valence-corrected chi connectivity index (χ1v) is 2.00. The Balaban J connectivity index is 2.77. The Bertz CT molecular complexity index is 151. The van der Waals surface area contributed by atoms with Crippen LogP contribution in [0.5, 0.6) is 0 Å². The molecule has 0 saturated heterocycles. The monoisotopic (exact) mass is 95.0 g/mol. The number of hydrogen-bond acceptors (Lipinski definition) is 2. The summed E-state index contributed by atoms with van der Waals surface area (Å²) in [5.41, 5.74) is 0. The van der Waals surface area contributed by atoms with Crippen molar-refractivity contribution in [3.8, 4) is 0 Å². The summed E-state index contributed by atoms with van der Waals surface area (Å²) in [5.74, 6) is 3.32. The molecule has 1 aliphatic rings. The zero-order valence-electron chi connectivity index (χ0n) is 4.01. The van der Waals surface area contributed by atoms with E-state index in [4.69, 9.17) is 4.74 Å². The summed E-state index contributed by atoms with van der Waals surface area (Å²) in [6.45, 7) is 1.83. The van der Waals surface area contributed by atoms with Crippen LogP contribution in [0.1, 0.15) is 6.92 Å². The third kappa shape index (κ3) is 0.913. The molecule has 0 N–H and O–H groups in total. The van der Waals surface area contributed by atoms with Crippen LogP contribution in [-0.4, -0.2) is 5.87 Å². The van der Waals surface area contributed by atoms with Gasteiger partial charge in [-0.3, -0.25) is 0 Å². The van der Waals surface area contributed by atoms with Crippen LogP contribution in [0.15, 0.2) is 23.2 Å². The minimum Gasteiger partial charge on any atom is -0.458 e. The number of nitrogens with zero attached hydrogens (tertiary/aromatic N) is 1. The van der Waals surface area contributed by atoms with Crippen molar-refractivity contribution in [2.24, 2.45) is 4.99 Å². The average molecular weight is 95.1 g/mol. The number of aliphatic imine (C=N–C) groups is 1. The molecule has 36 valence electrons. The van der Waals surface area contributed by atoms with E-state index in [1.165, 1.54) is 6.26 Å². The lowest BCUT2D eigenvalue weighted by atomic mass is 10.6. The lowest BCUT2D eigenvalue weighted by Gasteiger charge is -1.95. The van der Waals surface area contributed by atoms with Gasteiger partial charge in [-0.25, -0.2) is 4.99 Å². The third-order valence-corrected chi connectivity index (χ3v) is 0.618. The van der Waals surface area contributed by atoms with Gasteiger partial charge in [0.15, 0.2) is 6.26 Å². The molecule has 2 nitrogen and oxygen atoms in total. The molecule has 0 bridgehead atoms. The fraction of sp³-hybridized carbons (Fsp3) is 0.200. The van der Waals surface area contributed by atoms with Crippen molar-refractivity contribution in [2.75, 3.05) is 0 Å². The van der Waals surface area contributed by atoms with E-state index in [-0.39, 0.29) is 0 Å². The fourth-order valence-corrected chi connectivity index (χ4v) is 0.308. The number of allylic oxidation sites excluding steroid dienone is 1. The molecule has 0 radical (unpaired) electrons. The largest absolute Gasteiger partial charge is 0.458 e. The van der Waals surface area contributed by atoms with E-state index in [0.717, 1.165) is 5.76 Å². The second-order valence-electron chi connectivity index (χ2n) is 1.23. The molecule has 0 aromatic heterocycles. The molecule has 1 heterocycles. The van der Waals surface area contributed by atoms with Crippen LogP contribution in [0.3, 0.4) is 0 Å². The van der Waals surface area contributed by atoms with Crippen molar-refractivity contribution in [2.45, 2.75) is 6.92 Å². The van der Waals surface area contributed by atoms with Crippen LogP contribution in [0, 0.1) is 0 Å². The first-order chi connectivity index (χ1) is 3.39. The molecule has 0 spiro atoms. The molecule has 0 fully saturated rings. The normalized spacial score (nSPS) is 15.9. The van der Waals surface area contributed by atoms with E-state index in [1.54, 1.807) is 6.20 Å². The van der Waals surface area contributed by atoms with Crippen LogP contribution in [0.2, 0.25) is 0 Å². The smallest absolute Gasteiger partial charge is 0.152 e. The Morgan fingerprint density at radius 1 is 1.86 bits per heavy atom. The summed E-state index contributed by atoms with van der Waals surface area (Å²) in [6, 6.07) is 0. The topological polar surface area (TPSA) is 21.6 Å². The zero-order valence-corrected chi connectivity index (χ0v) is 4.01. The summed E-state index contributed by atoms with van der Waals surface area (Å²) >= 11 is 0. The lowest BCUT2D eigenvalue weighted by Crippen LogP contribution is -1.80. The molecule has 1 rings (SSSR count). The van der Waals surface area contributed by atoms with E-state index in [1.807, 2.05) is 6.92 Å². The van der Waals surface area contributed by atoms with Crippen molar-refractivity contribution < 1.29 is 4.74 Å². The highest BCUT2D eigenvalue weighted by Gasteiger charge is 1.84. The molecule has 2 heteroatoms. The Morgan fingerprint density at radius 3 is 3.00 bits per heavy atom. The van der Waals surface area contributed by atoms with Crippen LogP contribution in [0.4, 0.5) is 0 Å². The Kier molecular flexibility index (Phi) is 0.966. The average Bonchev–Trinajstić information content (AvgIpc) is 1.69. The molecule has 0 aromatic carbocycles. The maximum absolute atomic E-state index is 4.81. The van der Waals surface area contributed by atoms with Crippen LogP contribution < -0.4 is 0 Å². The summed E-state index contributed by atoms with van der Waals surface area (Å²) < 4.78 is 4.81. The zero-order chi connectivity index (χ0) is 5.11. The Labute approximate surface area is 41.8 Å². The summed E-state index contributed by atoms with van der Waals surface area (Å²) in [5, 5.41) is 0. The highest BCUT2D eigenvalue weighted by atomic mass is 16.5. The van der Waals surface area contributed by atoms with Gasteiger partial charge in [0, 0.05) is 5.87 Å². The summed E-state index contributed by atoms with van der Waals surface area (Å²) in [4.78, 5) is 3.67. The van der Waals surface area contributed by atoms with Gasteiger partial charge in [-0.05, 0) is 6.92 Å². The van der Waals surface area contributed by atoms with Gasteiger partial charge < -0.3 is 4.74 Å². The van der Waals surface area contributed by atoms with Gasteiger partial charge in [0.05, 0.1) is 6.20 Å². The van der Waals surface area contributed by atoms with Gasteiger partial charge in [0.2, 0.25) is 0 Å². The molecule has 0 amide bonds. The summed E-state index contributed by atoms with van der Waals surface area (Å²) in [6.07, 6.45) is 3.04. The van der Waals surface area contributed by atoms with Crippen LogP contribution in [-0.2, 0) is 4.74 Å². The molecule has 0 aromatic rings. The minimum absolute atomic E-state index is 0.804. The highest BCUT2D eigenvalue weighted by molar-refractivity contribution is 5.51. The molecule has 0 atom stereocenters. The molecule has 1 aliphatic heterocycles. The molecule has 0 unspecified atom stereocenters. The van der Waals surface area contributed by atoms with Crippen LogP contribution >= 0.6 is 0 Å². The molecular weight excluding hydrogens is 90.1 g/mol. The van der Waals surface area contributed by atoms with Gasteiger partial charge in [-0.2, -0.15) is 0 Å². The van der Waals surface area contributed by atoms with Crippen molar-refractivity contribution in [1.29, 1.82) is 0 Å². The predicted octanol–water partition coefficient (Wildman–Crippen LogP) is 1.06. The standard InChI is InChI=1S/C5H5NO/c1-5-4-6-2-3-7-5/h3-4H,1H3. The number of hydrogen-bond donors (Lipinski definition) is 0. The van der Waals surface area contributed by atoms with Crippen molar-refractivity contribution in [3.63, 3.8) is 0 Å². The third-order valence-electron chi connectivity index (χ3n) is 0.618. The first-order valence-electron chi connectivity index (χ1n) is 2.00. The lowest BCUT2D eigenvalue weighted by molar-refractivity contribution is 0.354. The van der Waals surface area contributed by atoms with E-state index >= 15 is 0 Å².